The Bertz CT molecular complexity index is 666. The Morgan fingerprint density at radius 2 is 1.68 bits per heavy atom. The van der Waals surface area contributed by atoms with E-state index < -0.39 is 0 Å². The Kier molecular flexibility index (Phi) is 5.31. The first kappa shape index (κ1) is 15.8. The zero-order valence-electron chi connectivity index (χ0n) is 12.8. The highest BCUT2D eigenvalue weighted by Crippen LogP contribution is 2.15. The summed E-state index contributed by atoms with van der Waals surface area (Å²) in [5.41, 5.74) is 3.85. The number of amides is 2. The lowest BCUT2D eigenvalue weighted by molar-refractivity contribution is -0.123. The third-order valence-electron chi connectivity index (χ3n) is 3.31. The summed E-state index contributed by atoms with van der Waals surface area (Å²) < 4.78 is 0. The average molecular weight is 296 g/mol. The number of nitrogens with one attached hydrogen (secondary N) is 2. The van der Waals surface area contributed by atoms with Gasteiger partial charge in [0, 0.05) is 5.69 Å². The van der Waals surface area contributed by atoms with Gasteiger partial charge in [-0.05, 0) is 31.0 Å². The fourth-order valence-electron chi connectivity index (χ4n) is 2.17. The predicted octanol–water partition coefficient (Wildman–Crippen LogP) is 2.60. The topological polar surface area (TPSA) is 58.2 Å². The molecule has 0 saturated heterocycles. The minimum atomic E-state index is -0.228. The van der Waals surface area contributed by atoms with Gasteiger partial charge in [0.25, 0.3) is 0 Å². The second-order valence-corrected chi connectivity index (χ2v) is 5.31. The van der Waals surface area contributed by atoms with Gasteiger partial charge in [0.1, 0.15) is 0 Å². The van der Waals surface area contributed by atoms with E-state index in [1.165, 1.54) is 0 Å². The molecule has 0 bridgehead atoms. The second-order valence-electron chi connectivity index (χ2n) is 5.31. The molecule has 0 unspecified atom stereocenters. The third kappa shape index (κ3) is 4.74. The summed E-state index contributed by atoms with van der Waals surface area (Å²) in [6.07, 6.45) is 0.275. The maximum atomic E-state index is 11.9. The molecular formula is C18H20N2O2. The van der Waals surface area contributed by atoms with Crippen molar-refractivity contribution in [2.24, 2.45) is 0 Å². The number of benzene rings is 2. The number of carbonyl (C=O) groups is 2. The van der Waals surface area contributed by atoms with Crippen LogP contribution in [0.15, 0.2) is 48.5 Å². The first-order valence-corrected chi connectivity index (χ1v) is 7.22. The summed E-state index contributed by atoms with van der Waals surface area (Å²) in [5, 5.41) is 5.43. The molecule has 0 spiro atoms. The average Bonchev–Trinajstić information content (AvgIpc) is 2.49. The molecule has 2 amide bonds. The van der Waals surface area contributed by atoms with Crippen LogP contribution >= 0.6 is 0 Å². The van der Waals surface area contributed by atoms with Crippen molar-refractivity contribution in [2.75, 3.05) is 11.9 Å². The lowest BCUT2D eigenvalue weighted by atomic mass is 10.1. The van der Waals surface area contributed by atoms with E-state index in [4.69, 9.17) is 0 Å². The molecule has 2 rings (SSSR count). The largest absolute Gasteiger partial charge is 0.347 e. The van der Waals surface area contributed by atoms with E-state index in [-0.39, 0.29) is 24.8 Å². The van der Waals surface area contributed by atoms with Crippen molar-refractivity contribution in [3.63, 3.8) is 0 Å². The summed E-state index contributed by atoms with van der Waals surface area (Å²) in [4.78, 5) is 23.7. The quantitative estimate of drug-likeness (QED) is 0.891. The van der Waals surface area contributed by atoms with Gasteiger partial charge in [0.05, 0.1) is 13.0 Å². The molecule has 0 aromatic heterocycles. The predicted molar refractivity (Wildman–Crippen MR) is 87.7 cm³/mol. The van der Waals surface area contributed by atoms with Crippen molar-refractivity contribution in [3.8, 4) is 0 Å². The van der Waals surface area contributed by atoms with Crippen molar-refractivity contribution in [2.45, 2.75) is 20.3 Å². The van der Waals surface area contributed by atoms with Crippen LogP contribution in [0.4, 0.5) is 5.69 Å². The van der Waals surface area contributed by atoms with Crippen LogP contribution in [-0.2, 0) is 16.0 Å². The van der Waals surface area contributed by atoms with Crippen LogP contribution in [0.5, 0.6) is 0 Å². The van der Waals surface area contributed by atoms with Crippen molar-refractivity contribution in [3.05, 3.63) is 65.2 Å². The Morgan fingerprint density at radius 3 is 2.36 bits per heavy atom. The van der Waals surface area contributed by atoms with Crippen LogP contribution in [0.1, 0.15) is 16.7 Å². The second kappa shape index (κ2) is 7.41. The highest BCUT2D eigenvalue weighted by molar-refractivity contribution is 5.95. The van der Waals surface area contributed by atoms with E-state index in [2.05, 4.69) is 10.6 Å². The van der Waals surface area contributed by atoms with Gasteiger partial charge in [0.2, 0.25) is 11.8 Å². The molecule has 114 valence electrons. The number of hydrogen-bond acceptors (Lipinski definition) is 2. The number of rotatable bonds is 5. The van der Waals surface area contributed by atoms with Crippen molar-refractivity contribution in [1.82, 2.24) is 5.32 Å². The van der Waals surface area contributed by atoms with E-state index in [0.29, 0.717) is 0 Å². The summed E-state index contributed by atoms with van der Waals surface area (Å²) in [6, 6.07) is 15.3. The van der Waals surface area contributed by atoms with Gasteiger partial charge in [-0.15, -0.1) is 0 Å². The Balaban J connectivity index is 1.81. The summed E-state index contributed by atoms with van der Waals surface area (Å²) in [7, 11) is 0. The molecule has 0 radical (unpaired) electrons. The first-order chi connectivity index (χ1) is 10.5. The minimum Gasteiger partial charge on any atom is -0.347 e. The van der Waals surface area contributed by atoms with Crippen LogP contribution in [0.2, 0.25) is 0 Å². The van der Waals surface area contributed by atoms with Crippen molar-refractivity contribution < 1.29 is 9.59 Å². The number of anilines is 1. The summed E-state index contributed by atoms with van der Waals surface area (Å²) >= 11 is 0. The zero-order chi connectivity index (χ0) is 15.9. The molecule has 2 N–H and O–H groups in total. The maximum absolute atomic E-state index is 11.9. The molecule has 0 aliphatic rings. The zero-order valence-corrected chi connectivity index (χ0v) is 12.8. The monoisotopic (exact) mass is 296 g/mol. The van der Waals surface area contributed by atoms with Crippen molar-refractivity contribution in [1.29, 1.82) is 0 Å². The number of aryl methyl sites for hydroxylation is 2. The summed E-state index contributed by atoms with van der Waals surface area (Å²) in [6.45, 7) is 3.91. The van der Waals surface area contributed by atoms with Crippen molar-refractivity contribution >= 4 is 17.5 Å². The standard InChI is InChI=1S/C18H20N2O2/c1-13-8-9-16(14(2)10-13)20-18(22)12-19-17(21)11-15-6-4-3-5-7-15/h3-10H,11-12H2,1-2H3,(H,19,21)(H,20,22). The highest BCUT2D eigenvalue weighted by atomic mass is 16.2. The Labute approximate surface area is 130 Å². The molecular weight excluding hydrogens is 276 g/mol. The molecule has 0 heterocycles. The van der Waals surface area contributed by atoms with E-state index >= 15 is 0 Å². The van der Waals surface area contributed by atoms with Crippen LogP contribution in [0, 0.1) is 13.8 Å². The van der Waals surface area contributed by atoms with Crippen LogP contribution in [0.25, 0.3) is 0 Å². The highest BCUT2D eigenvalue weighted by Gasteiger charge is 2.08. The lowest BCUT2D eigenvalue weighted by Crippen LogP contribution is -2.33. The molecule has 4 nitrogen and oxygen atoms in total. The minimum absolute atomic E-state index is 0.0288. The normalized spacial score (nSPS) is 10.1. The van der Waals surface area contributed by atoms with Gasteiger partial charge in [-0.2, -0.15) is 0 Å². The molecule has 0 aliphatic carbocycles. The van der Waals surface area contributed by atoms with Gasteiger partial charge in [-0.1, -0.05) is 48.0 Å². The van der Waals surface area contributed by atoms with Gasteiger partial charge in [-0.3, -0.25) is 9.59 Å². The molecule has 0 saturated carbocycles. The van der Waals surface area contributed by atoms with Crippen LogP contribution in [0.3, 0.4) is 0 Å². The van der Waals surface area contributed by atoms with Gasteiger partial charge >= 0.3 is 0 Å². The molecule has 2 aromatic carbocycles. The fraction of sp³-hybridized carbons (Fsp3) is 0.222. The first-order valence-electron chi connectivity index (χ1n) is 7.22. The molecule has 2 aromatic rings. The van der Waals surface area contributed by atoms with E-state index in [1.54, 1.807) is 0 Å². The number of carbonyl (C=O) groups excluding carboxylic acids is 2. The maximum Gasteiger partial charge on any atom is 0.243 e. The molecule has 0 fully saturated rings. The van der Waals surface area contributed by atoms with E-state index in [0.717, 1.165) is 22.4 Å². The van der Waals surface area contributed by atoms with Crippen LogP contribution in [-0.4, -0.2) is 18.4 Å². The van der Waals surface area contributed by atoms with Gasteiger partial charge in [-0.25, -0.2) is 0 Å². The van der Waals surface area contributed by atoms with Gasteiger partial charge in [0.15, 0.2) is 0 Å². The Hall–Kier alpha value is -2.62. The fourth-order valence-corrected chi connectivity index (χ4v) is 2.17. The SMILES string of the molecule is Cc1ccc(NC(=O)CNC(=O)Cc2ccccc2)c(C)c1. The van der Waals surface area contributed by atoms with E-state index in [9.17, 15) is 9.59 Å². The third-order valence-corrected chi connectivity index (χ3v) is 3.31. The molecule has 4 heteroatoms. The van der Waals surface area contributed by atoms with Crippen LogP contribution < -0.4 is 10.6 Å². The molecule has 22 heavy (non-hydrogen) atoms. The Morgan fingerprint density at radius 1 is 0.955 bits per heavy atom. The molecule has 0 atom stereocenters. The smallest absolute Gasteiger partial charge is 0.243 e. The lowest BCUT2D eigenvalue weighted by Gasteiger charge is -2.10. The number of hydrogen-bond donors (Lipinski definition) is 2. The van der Waals surface area contributed by atoms with E-state index in [1.807, 2.05) is 62.4 Å². The van der Waals surface area contributed by atoms with Gasteiger partial charge < -0.3 is 10.6 Å². The molecule has 0 aliphatic heterocycles. The summed E-state index contributed by atoms with van der Waals surface area (Å²) in [5.74, 6) is -0.393.